The van der Waals surface area contributed by atoms with Crippen molar-refractivity contribution in [3.05, 3.63) is 64.2 Å². The van der Waals surface area contributed by atoms with Gasteiger partial charge in [-0.25, -0.2) is 0 Å². The molecule has 30 heavy (non-hydrogen) atoms. The number of hydrogen-bond donors (Lipinski definition) is 1. The molecule has 0 unspecified atom stereocenters. The van der Waals surface area contributed by atoms with Crippen LogP contribution in [0.15, 0.2) is 48.0 Å². The Morgan fingerprint density at radius 3 is 2.63 bits per heavy atom. The van der Waals surface area contributed by atoms with Crippen molar-refractivity contribution >= 4 is 23.6 Å². The highest BCUT2D eigenvalue weighted by Gasteiger charge is 2.20. The summed E-state index contributed by atoms with van der Waals surface area (Å²) < 4.78 is 11.6. The lowest BCUT2D eigenvalue weighted by Gasteiger charge is -2.15. The molecule has 1 fully saturated rings. The third-order valence-corrected chi connectivity index (χ3v) is 5.20. The molecule has 0 bridgehead atoms. The fourth-order valence-corrected chi connectivity index (χ4v) is 3.73. The van der Waals surface area contributed by atoms with Crippen LogP contribution in [-0.4, -0.2) is 18.6 Å². The largest absolute Gasteiger partial charge is 0.490 e. The molecule has 1 aliphatic rings. The first-order valence-electron chi connectivity index (χ1n) is 10.2. The third kappa shape index (κ3) is 5.77. The Bertz CT molecular complexity index is 945. The number of amides is 1. The van der Waals surface area contributed by atoms with Gasteiger partial charge in [0.1, 0.15) is 18.2 Å². The van der Waals surface area contributed by atoms with E-state index in [-0.39, 0.29) is 17.5 Å². The molecule has 0 aliphatic heterocycles. The summed E-state index contributed by atoms with van der Waals surface area (Å²) >= 11 is 6.46. The highest BCUT2D eigenvalue weighted by Crippen LogP contribution is 2.38. The first-order valence-corrected chi connectivity index (χ1v) is 10.5. The molecule has 0 atom stereocenters. The van der Waals surface area contributed by atoms with Gasteiger partial charge < -0.3 is 14.8 Å². The van der Waals surface area contributed by atoms with E-state index in [4.69, 9.17) is 21.1 Å². The zero-order valence-corrected chi connectivity index (χ0v) is 17.7. The summed E-state index contributed by atoms with van der Waals surface area (Å²) in [6.07, 6.45) is 5.65. The van der Waals surface area contributed by atoms with Gasteiger partial charge in [-0.3, -0.25) is 4.79 Å². The molecule has 3 rings (SSSR count). The van der Waals surface area contributed by atoms with Crippen LogP contribution in [0.3, 0.4) is 0 Å². The van der Waals surface area contributed by atoms with E-state index < -0.39 is 0 Å². The maximum absolute atomic E-state index is 12.5. The molecule has 1 saturated carbocycles. The molecular weight excluding hydrogens is 400 g/mol. The average molecular weight is 425 g/mol. The molecular formula is C24H25ClN2O3. The number of nitrogens with one attached hydrogen (secondary N) is 1. The van der Waals surface area contributed by atoms with E-state index in [9.17, 15) is 10.1 Å². The van der Waals surface area contributed by atoms with Crippen LogP contribution in [0.4, 0.5) is 0 Å². The molecule has 1 aliphatic carbocycles. The van der Waals surface area contributed by atoms with Crippen LogP contribution in [0.25, 0.3) is 6.08 Å². The minimum absolute atomic E-state index is 0.0402. The molecule has 0 aromatic heterocycles. The fourth-order valence-electron chi connectivity index (χ4n) is 3.45. The van der Waals surface area contributed by atoms with Crippen LogP contribution in [0.2, 0.25) is 5.02 Å². The van der Waals surface area contributed by atoms with E-state index in [1.54, 1.807) is 12.1 Å². The Hall–Kier alpha value is -2.97. The Morgan fingerprint density at radius 1 is 1.23 bits per heavy atom. The van der Waals surface area contributed by atoms with Crippen molar-refractivity contribution in [2.75, 3.05) is 6.61 Å². The van der Waals surface area contributed by atoms with Crippen molar-refractivity contribution in [2.45, 2.75) is 45.3 Å². The lowest BCUT2D eigenvalue weighted by Crippen LogP contribution is -2.33. The van der Waals surface area contributed by atoms with Crippen LogP contribution in [0.5, 0.6) is 11.5 Å². The first-order chi connectivity index (χ1) is 14.6. The van der Waals surface area contributed by atoms with Crippen molar-refractivity contribution in [1.29, 1.82) is 5.26 Å². The Morgan fingerprint density at radius 2 is 1.97 bits per heavy atom. The predicted octanol–water partition coefficient (Wildman–Crippen LogP) is 5.28. The first kappa shape index (κ1) is 21.7. The molecule has 2 aromatic rings. The van der Waals surface area contributed by atoms with Gasteiger partial charge in [-0.1, -0.05) is 54.8 Å². The van der Waals surface area contributed by atoms with E-state index in [1.807, 2.05) is 43.3 Å². The van der Waals surface area contributed by atoms with Gasteiger partial charge in [-0.15, -0.1) is 0 Å². The smallest absolute Gasteiger partial charge is 0.262 e. The van der Waals surface area contributed by atoms with Gasteiger partial charge in [0.2, 0.25) is 0 Å². The second kappa shape index (κ2) is 10.7. The topological polar surface area (TPSA) is 71.3 Å². The molecule has 2 aromatic carbocycles. The summed E-state index contributed by atoms with van der Waals surface area (Å²) in [4.78, 5) is 12.5. The molecule has 5 nitrogen and oxygen atoms in total. The SMILES string of the molecule is CCOc1cc(/C=C(/C#N)C(=O)NC2CCCC2)cc(Cl)c1OCc1ccccc1. The van der Waals surface area contributed by atoms with E-state index >= 15 is 0 Å². The van der Waals surface area contributed by atoms with Crippen LogP contribution >= 0.6 is 11.6 Å². The molecule has 0 spiro atoms. The van der Waals surface area contributed by atoms with Crippen molar-refractivity contribution in [2.24, 2.45) is 0 Å². The van der Waals surface area contributed by atoms with Gasteiger partial charge in [0.25, 0.3) is 5.91 Å². The van der Waals surface area contributed by atoms with Gasteiger partial charge in [-0.05, 0) is 49.1 Å². The Balaban J connectivity index is 1.81. The molecule has 6 heteroatoms. The number of rotatable bonds is 8. The minimum Gasteiger partial charge on any atom is -0.490 e. The zero-order chi connectivity index (χ0) is 21.3. The summed E-state index contributed by atoms with van der Waals surface area (Å²) in [5.41, 5.74) is 1.65. The van der Waals surface area contributed by atoms with E-state index in [0.717, 1.165) is 31.2 Å². The number of ether oxygens (including phenoxy) is 2. The van der Waals surface area contributed by atoms with Crippen molar-refractivity contribution < 1.29 is 14.3 Å². The Kier molecular flexibility index (Phi) is 7.75. The fraction of sp³-hybridized carbons (Fsp3) is 0.333. The highest BCUT2D eigenvalue weighted by molar-refractivity contribution is 6.32. The predicted molar refractivity (Wildman–Crippen MR) is 117 cm³/mol. The average Bonchev–Trinajstić information content (AvgIpc) is 3.25. The number of nitrogens with zero attached hydrogens (tertiary/aromatic N) is 1. The Labute approximate surface area is 182 Å². The summed E-state index contributed by atoms with van der Waals surface area (Å²) in [7, 11) is 0. The van der Waals surface area contributed by atoms with E-state index in [0.29, 0.717) is 35.3 Å². The number of hydrogen-bond acceptors (Lipinski definition) is 4. The molecule has 1 amide bonds. The van der Waals surface area contributed by atoms with E-state index in [1.165, 1.54) is 6.08 Å². The number of halogens is 1. The summed E-state index contributed by atoms with van der Waals surface area (Å²) in [6, 6.07) is 15.3. The van der Waals surface area contributed by atoms with Gasteiger partial charge >= 0.3 is 0 Å². The normalized spacial score (nSPS) is 14.2. The number of benzene rings is 2. The highest BCUT2D eigenvalue weighted by atomic mass is 35.5. The van der Waals surface area contributed by atoms with Crippen LogP contribution < -0.4 is 14.8 Å². The maximum atomic E-state index is 12.5. The lowest BCUT2D eigenvalue weighted by molar-refractivity contribution is -0.117. The minimum atomic E-state index is -0.358. The molecule has 0 heterocycles. The van der Waals surface area contributed by atoms with Gasteiger partial charge in [-0.2, -0.15) is 5.26 Å². The van der Waals surface area contributed by atoms with Crippen LogP contribution in [0, 0.1) is 11.3 Å². The van der Waals surface area contributed by atoms with Crippen molar-refractivity contribution in [3.8, 4) is 17.6 Å². The van der Waals surface area contributed by atoms with Gasteiger partial charge in [0.05, 0.1) is 11.6 Å². The van der Waals surface area contributed by atoms with Gasteiger partial charge in [0, 0.05) is 6.04 Å². The zero-order valence-electron chi connectivity index (χ0n) is 17.0. The second-order valence-electron chi connectivity index (χ2n) is 7.16. The standard InChI is InChI=1S/C24H25ClN2O3/c1-2-29-22-14-18(12-19(15-26)24(28)27-20-10-6-7-11-20)13-21(25)23(22)30-16-17-8-4-3-5-9-17/h3-5,8-9,12-14,20H,2,6-7,10-11,16H2,1H3,(H,27,28)/b19-12-. The number of nitriles is 1. The molecule has 156 valence electrons. The second-order valence-corrected chi connectivity index (χ2v) is 7.57. The summed E-state index contributed by atoms with van der Waals surface area (Å²) in [6.45, 7) is 2.65. The molecule has 0 saturated heterocycles. The molecule has 1 N–H and O–H groups in total. The lowest BCUT2D eigenvalue weighted by atomic mass is 10.1. The van der Waals surface area contributed by atoms with Crippen LogP contribution in [-0.2, 0) is 11.4 Å². The number of carbonyl (C=O) groups is 1. The monoisotopic (exact) mass is 424 g/mol. The third-order valence-electron chi connectivity index (χ3n) is 4.92. The van der Waals surface area contributed by atoms with Gasteiger partial charge in [0.15, 0.2) is 11.5 Å². The maximum Gasteiger partial charge on any atom is 0.262 e. The van der Waals surface area contributed by atoms with Crippen molar-refractivity contribution in [3.63, 3.8) is 0 Å². The summed E-state index contributed by atoms with van der Waals surface area (Å²) in [5.74, 6) is 0.553. The van der Waals surface area contributed by atoms with Crippen molar-refractivity contribution in [1.82, 2.24) is 5.32 Å². The number of carbonyl (C=O) groups excluding carboxylic acids is 1. The van der Waals surface area contributed by atoms with Crippen LogP contribution in [0.1, 0.15) is 43.7 Å². The summed E-state index contributed by atoms with van der Waals surface area (Å²) in [5, 5.41) is 12.8. The quantitative estimate of drug-likeness (QED) is 0.462. The van der Waals surface area contributed by atoms with E-state index in [2.05, 4.69) is 5.32 Å². The molecule has 0 radical (unpaired) electrons.